The predicted molar refractivity (Wildman–Crippen MR) is 89.3 cm³/mol. The second-order valence-corrected chi connectivity index (χ2v) is 5.26. The van der Waals surface area contributed by atoms with Crippen LogP contribution in [-0.4, -0.2) is 24.8 Å². The first-order valence-corrected chi connectivity index (χ1v) is 7.73. The lowest BCUT2D eigenvalue weighted by atomic mass is 9.96. The Morgan fingerprint density at radius 3 is 2.43 bits per heavy atom. The number of hydrogen-bond donors (Lipinski definition) is 1. The molecule has 4 heteroatoms. The van der Waals surface area contributed by atoms with Crippen molar-refractivity contribution < 1.29 is 19.4 Å². The maximum Gasteiger partial charge on any atom is 0.311 e. The molecule has 0 fully saturated rings. The molecule has 0 aliphatic rings. The molecule has 0 spiro atoms. The number of carboxylic acid groups (broad SMARTS) is 1. The molecule has 0 aromatic heterocycles. The number of aryl methyl sites for hydroxylation is 1. The highest BCUT2D eigenvalue weighted by molar-refractivity contribution is 5.76. The van der Waals surface area contributed by atoms with Gasteiger partial charge >= 0.3 is 5.97 Å². The third kappa shape index (κ3) is 4.49. The molecule has 0 saturated carbocycles. The number of rotatable bonds is 8. The van der Waals surface area contributed by atoms with E-state index in [9.17, 15) is 9.90 Å². The van der Waals surface area contributed by atoms with Gasteiger partial charge in [0.15, 0.2) is 0 Å². The van der Waals surface area contributed by atoms with Crippen LogP contribution in [0.15, 0.2) is 48.5 Å². The zero-order valence-corrected chi connectivity index (χ0v) is 13.5. The SMILES string of the molecule is CCc1ccccc1OCCC(C(=O)O)c1ccc(OC)cc1. The molecule has 0 saturated heterocycles. The van der Waals surface area contributed by atoms with Crippen LogP contribution in [0.5, 0.6) is 11.5 Å². The minimum Gasteiger partial charge on any atom is -0.497 e. The average molecular weight is 314 g/mol. The summed E-state index contributed by atoms with van der Waals surface area (Å²) >= 11 is 0. The largest absolute Gasteiger partial charge is 0.497 e. The maximum atomic E-state index is 11.5. The molecule has 0 radical (unpaired) electrons. The minimum atomic E-state index is -0.845. The molecule has 0 amide bonds. The molecule has 23 heavy (non-hydrogen) atoms. The summed E-state index contributed by atoms with van der Waals surface area (Å²) in [5.74, 6) is 0.108. The summed E-state index contributed by atoms with van der Waals surface area (Å²) in [5, 5.41) is 9.46. The van der Waals surface area contributed by atoms with Gasteiger partial charge in [-0.2, -0.15) is 0 Å². The lowest BCUT2D eigenvalue weighted by Gasteiger charge is -2.15. The fourth-order valence-electron chi connectivity index (χ4n) is 2.49. The topological polar surface area (TPSA) is 55.8 Å². The summed E-state index contributed by atoms with van der Waals surface area (Å²) in [7, 11) is 1.59. The van der Waals surface area contributed by atoms with Gasteiger partial charge in [0.25, 0.3) is 0 Å². The number of carboxylic acids is 1. The van der Waals surface area contributed by atoms with Crippen LogP contribution >= 0.6 is 0 Å². The van der Waals surface area contributed by atoms with E-state index in [0.29, 0.717) is 18.8 Å². The number of hydrogen-bond acceptors (Lipinski definition) is 3. The molecular weight excluding hydrogens is 292 g/mol. The zero-order chi connectivity index (χ0) is 16.7. The predicted octanol–water partition coefficient (Wildman–Crippen LogP) is 3.89. The molecule has 1 N–H and O–H groups in total. The van der Waals surface area contributed by atoms with Crippen molar-refractivity contribution in [3.63, 3.8) is 0 Å². The quantitative estimate of drug-likeness (QED) is 0.803. The first-order valence-electron chi connectivity index (χ1n) is 7.73. The summed E-state index contributed by atoms with van der Waals surface area (Å²) in [6.07, 6.45) is 1.30. The number of methoxy groups -OCH3 is 1. The Bertz CT molecular complexity index is 634. The van der Waals surface area contributed by atoms with E-state index in [4.69, 9.17) is 9.47 Å². The molecule has 0 aliphatic heterocycles. The van der Waals surface area contributed by atoms with Crippen molar-refractivity contribution in [3.8, 4) is 11.5 Å². The van der Waals surface area contributed by atoms with E-state index < -0.39 is 11.9 Å². The number of carbonyl (C=O) groups is 1. The van der Waals surface area contributed by atoms with Crippen LogP contribution in [0.1, 0.15) is 30.4 Å². The van der Waals surface area contributed by atoms with Crippen LogP contribution < -0.4 is 9.47 Å². The van der Waals surface area contributed by atoms with Crippen molar-refractivity contribution in [2.45, 2.75) is 25.7 Å². The lowest BCUT2D eigenvalue weighted by molar-refractivity contribution is -0.139. The van der Waals surface area contributed by atoms with Gasteiger partial charge < -0.3 is 14.6 Å². The molecule has 0 aliphatic carbocycles. The summed E-state index contributed by atoms with van der Waals surface area (Å²) in [5.41, 5.74) is 1.88. The van der Waals surface area contributed by atoms with Gasteiger partial charge in [0.05, 0.1) is 19.6 Å². The van der Waals surface area contributed by atoms with Crippen molar-refractivity contribution in [2.75, 3.05) is 13.7 Å². The Balaban J connectivity index is 2.01. The van der Waals surface area contributed by atoms with Gasteiger partial charge in [-0.1, -0.05) is 37.3 Å². The van der Waals surface area contributed by atoms with Crippen molar-refractivity contribution in [3.05, 3.63) is 59.7 Å². The Labute approximate surface area is 136 Å². The van der Waals surface area contributed by atoms with E-state index >= 15 is 0 Å². The molecular formula is C19H22O4. The van der Waals surface area contributed by atoms with Crippen LogP contribution in [0.4, 0.5) is 0 Å². The molecule has 4 nitrogen and oxygen atoms in total. The Morgan fingerprint density at radius 2 is 1.83 bits per heavy atom. The monoisotopic (exact) mass is 314 g/mol. The average Bonchev–Trinajstić information content (AvgIpc) is 2.59. The molecule has 2 aromatic carbocycles. The molecule has 1 unspecified atom stereocenters. The van der Waals surface area contributed by atoms with Crippen LogP contribution in [0.2, 0.25) is 0 Å². The van der Waals surface area contributed by atoms with Crippen LogP contribution in [0, 0.1) is 0 Å². The fourth-order valence-corrected chi connectivity index (χ4v) is 2.49. The van der Waals surface area contributed by atoms with Gasteiger partial charge in [-0.15, -0.1) is 0 Å². The summed E-state index contributed by atoms with van der Waals surface area (Å²) < 4.78 is 10.9. The van der Waals surface area contributed by atoms with Crippen molar-refractivity contribution in [1.29, 1.82) is 0 Å². The Hall–Kier alpha value is -2.49. The summed E-state index contributed by atoms with van der Waals surface area (Å²) in [6.45, 7) is 2.43. The highest BCUT2D eigenvalue weighted by Crippen LogP contribution is 2.24. The molecule has 2 rings (SSSR count). The van der Waals surface area contributed by atoms with E-state index in [-0.39, 0.29) is 0 Å². The fraction of sp³-hybridized carbons (Fsp3) is 0.316. The molecule has 122 valence electrons. The lowest BCUT2D eigenvalue weighted by Crippen LogP contribution is -2.15. The molecule has 1 atom stereocenters. The van der Waals surface area contributed by atoms with E-state index in [2.05, 4.69) is 6.92 Å². The van der Waals surface area contributed by atoms with E-state index in [1.807, 2.05) is 24.3 Å². The number of benzene rings is 2. The molecule has 0 bridgehead atoms. The van der Waals surface area contributed by atoms with Gasteiger partial charge in [0, 0.05) is 0 Å². The first kappa shape index (κ1) is 16.9. The van der Waals surface area contributed by atoms with Gasteiger partial charge in [-0.3, -0.25) is 4.79 Å². The Morgan fingerprint density at radius 1 is 1.13 bits per heavy atom. The first-order chi connectivity index (χ1) is 11.2. The Kier molecular flexibility index (Phi) is 6.03. The number of para-hydroxylation sites is 1. The summed E-state index contributed by atoms with van der Waals surface area (Å²) in [6, 6.07) is 15.0. The minimum absolute atomic E-state index is 0.361. The highest BCUT2D eigenvalue weighted by atomic mass is 16.5. The number of aliphatic carboxylic acids is 1. The maximum absolute atomic E-state index is 11.5. The zero-order valence-electron chi connectivity index (χ0n) is 13.5. The third-order valence-corrected chi connectivity index (χ3v) is 3.83. The van der Waals surface area contributed by atoms with Gasteiger partial charge in [0.2, 0.25) is 0 Å². The molecule has 2 aromatic rings. The normalized spacial score (nSPS) is 11.7. The third-order valence-electron chi connectivity index (χ3n) is 3.83. The second kappa shape index (κ2) is 8.22. The van der Waals surface area contributed by atoms with Crippen LogP contribution in [0.25, 0.3) is 0 Å². The van der Waals surface area contributed by atoms with Crippen LogP contribution in [0.3, 0.4) is 0 Å². The van der Waals surface area contributed by atoms with E-state index in [1.54, 1.807) is 31.4 Å². The van der Waals surface area contributed by atoms with E-state index in [0.717, 1.165) is 23.3 Å². The van der Waals surface area contributed by atoms with Crippen molar-refractivity contribution in [1.82, 2.24) is 0 Å². The van der Waals surface area contributed by atoms with E-state index in [1.165, 1.54) is 0 Å². The smallest absolute Gasteiger partial charge is 0.311 e. The number of ether oxygens (including phenoxy) is 2. The standard InChI is InChI=1S/C19H22O4/c1-3-14-6-4-5-7-18(14)23-13-12-17(19(20)21)15-8-10-16(22-2)11-9-15/h4-11,17H,3,12-13H2,1-2H3,(H,20,21). The van der Waals surface area contributed by atoms with Crippen molar-refractivity contribution >= 4 is 5.97 Å². The highest BCUT2D eigenvalue weighted by Gasteiger charge is 2.20. The van der Waals surface area contributed by atoms with Gasteiger partial charge in [-0.25, -0.2) is 0 Å². The van der Waals surface area contributed by atoms with Crippen molar-refractivity contribution in [2.24, 2.45) is 0 Å². The van der Waals surface area contributed by atoms with Gasteiger partial charge in [-0.05, 0) is 42.2 Å². The second-order valence-electron chi connectivity index (χ2n) is 5.26. The summed E-state index contributed by atoms with van der Waals surface area (Å²) in [4.78, 5) is 11.5. The molecule has 0 heterocycles. The van der Waals surface area contributed by atoms with Gasteiger partial charge in [0.1, 0.15) is 11.5 Å². The van der Waals surface area contributed by atoms with Crippen LogP contribution in [-0.2, 0) is 11.2 Å².